The molecule has 1 aromatic carbocycles. The molecule has 3 heterocycles. The molecule has 6 nitrogen and oxygen atoms in total. The normalized spacial score (nSPS) is 14.1. The van der Waals surface area contributed by atoms with E-state index in [0.29, 0.717) is 23.9 Å². The van der Waals surface area contributed by atoms with Crippen LogP contribution in [0.3, 0.4) is 0 Å². The van der Waals surface area contributed by atoms with Crippen LogP contribution in [0.5, 0.6) is 0 Å². The first-order chi connectivity index (χ1) is 13.6. The maximum Gasteiger partial charge on any atom is 0.275 e. The fourth-order valence-electron chi connectivity index (χ4n) is 2.78. The molecular formula is C19H16ClFN4O2S. The molecular weight excluding hydrogens is 403 g/mol. The predicted molar refractivity (Wildman–Crippen MR) is 108 cm³/mol. The molecule has 0 spiro atoms. The van der Waals surface area contributed by atoms with Crippen LogP contribution in [-0.4, -0.2) is 42.2 Å². The number of anilines is 2. The van der Waals surface area contributed by atoms with Crippen LogP contribution in [0.25, 0.3) is 10.6 Å². The number of carbonyl (C=O) groups is 1. The summed E-state index contributed by atoms with van der Waals surface area (Å²) in [5.41, 5.74) is 1.43. The zero-order valence-corrected chi connectivity index (χ0v) is 16.3. The number of aromatic nitrogens is 2. The van der Waals surface area contributed by atoms with Gasteiger partial charge in [0.05, 0.1) is 23.9 Å². The van der Waals surface area contributed by atoms with Gasteiger partial charge in [0.25, 0.3) is 5.91 Å². The van der Waals surface area contributed by atoms with Crippen LogP contribution in [0.4, 0.5) is 15.9 Å². The standard InChI is InChI=1S/C19H16ClFN4O2S/c20-14-9-13(21)2-3-15(14)23-18(26)16-11-28-19(24-16)12-1-4-17(22-10-12)25-5-7-27-8-6-25/h1-4,9-11H,5-8H2,(H,23,26). The molecule has 1 fully saturated rings. The molecule has 144 valence electrons. The fraction of sp³-hybridized carbons (Fsp3) is 0.211. The molecule has 0 unspecified atom stereocenters. The monoisotopic (exact) mass is 418 g/mol. The Kier molecular flexibility index (Phi) is 5.52. The zero-order valence-electron chi connectivity index (χ0n) is 14.7. The van der Waals surface area contributed by atoms with Crippen molar-refractivity contribution in [2.45, 2.75) is 0 Å². The van der Waals surface area contributed by atoms with Gasteiger partial charge in [0.2, 0.25) is 0 Å². The van der Waals surface area contributed by atoms with Crippen LogP contribution in [0.2, 0.25) is 5.02 Å². The Morgan fingerprint density at radius 3 is 2.79 bits per heavy atom. The van der Waals surface area contributed by atoms with E-state index in [9.17, 15) is 9.18 Å². The van der Waals surface area contributed by atoms with Gasteiger partial charge >= 0.3 is 0 Å². The topological polar surface area (TPSA) is 67.4 Å². The predicted octanol–water partition coefficient (Wildman–Crippen LogP) is 4.09. The smallest absolute Gasteiger partial charge is 0.275 e. The third-order valence-electron chi connectivity index (χ3n) is 4.25. The third-order valence-corrected chi connectivity index (χ3v) is 5.45. The van der Waals surface area contributed by atoms with Crippen molar-refractivity contribution in [1.29, 1.82) is 0 Å². The second-order valence-corrected chi connectivity index (χ2v) is 7.39. The zero-order chi connectivity index (χ0) is 19.5. The highest BCUT2D eigenvalue weighted by Crippen LogP contribution is 2.27. The minimum Gasteiger partial charge on any atom is -0.378 e. The summed E-state index contributed by atoms with van der Waals surface area (Å²) in [5, 5.41) is 5.13. The van der Waals surface area contributed by atoms with Gasteiger partial charge in [0, 0.05) is 30.2 Å². The maximum atomic E-state index is 13.1. The molecule has 1 N–H and O–H groups in total. The molecule has 28 heavy (non-hydrogen) atoms. The summed E-state index contributed by atoms with van der Waals surface area (Å²) in [4.78, 5) is 23.5. The number of hydrogen-bond acceptors (Lipinski definition) is 6. The summed E-state index contributed by atoms with van der Waals surface area (Å²) in [7, 11) is 0. The molecule has 0 radical (unpaired) electrons. The Hall–Kier alpha value is -2.55. The van der Waals surface area contributed by atoms with Gasteiger partial charge in [-0.05, 0) is 30.3 Å². The number of benzene rings is 1. The van der Waals surface area contributed by atoms with Gasteiger partial charge in [-0.25, -0.2) is 14.4 Å². The summed E-state index contributed by atoms with van der Waals surface area (Å²) in [6.07, 6.45) is 1.75. The van der Waals surface area contributed by atoms with Crippen LogP contribution < -0.4 is 10.2 Å². The first-order valence-electron chi connectivity index (χ1n) is 8.61. The molecule has 3 aromatic rings. The number of rotatable bonds is 4. The SMILES string of the molecule is O=C(Nc1ccc(F)cc1Cl)c1csc(-c2ccc(N3CCOCC3)nc2)n1. The second-order valence-electron chi connectivity index (χ2n) is 6.12. The molecule has 0 bridgehead atoms. The number of nitrogens with one attached hydrogen (secondary N) is 1. The van der Waals surface area contributed by atoms with Crippen LogP contribution >= 0.6 is 22.9 Å². The van der Waals surface area contributed by atoms with E-state index in [1.807, 2.05) is 12.1 Å². The van der Waals surface area contributed by atoms with E-state index < -0.39 is 11.7 Å². The molecule has 1 amide bonds. The van der Waals surface area contributed by atoms with Crippen LogP contribution in [0, 0.1) is 5.82 Å². The molecule has 1 aliphatic heterocycles. The van der Waals surface area contributed by atoms with Gasteiger partial charge in [-0.1, -0.05) is 11.6 Å². The van der Waals surface area contributed by atoms with Gasteiger partial charge < -0.3 is 15.0 Å². The van der Waals surface area contributed by atoms with Gasteiger partial charge in [0.15, 0.2) is 0 Å². The van der Waals surface area contributed by atoms with Crippen molar-refractivity contribution >= 4 is 40.4 Å². The highest BCUT2D eigenvalue weighted by Gasteiger charge is 2.16. The number of ether oxygens (including phenoxy) is 1. The van der Waals surface area contributed by atoms with E-state index in [2.05, 4.69) is 20.2 Å². The first kappa shape index (κ1) is 18.8. The Bertz CT molecular complexity index is 990. The van der Waals surface area contributed by atoms with E-state index >= 15 is 0 Å². The average Bonchev–Trinajstić information content (AvgIpc) is 3.21. The van der Waals surface area contributed by atoms with Crippen molar-refractivity contribution in [1.82, 2.24) is 9.97 Å². The second kappa shape index (κ2) is 8.22. The number of hydrogen-bond donors (Lipinski definition) is 1. The summed E-state index contributed by atoms with van der Waals surface area (Å²) >= 11 is 7.30. The molecule has 0 aliphatic carbocycles. The van der Waals surface area contributed by atoms with Crippen LogP contribution in [-0.2, 0) is 4.74 Å². The summed E-state index contributed by atoms with van der Waals surface area (Å²) in [6, 6.07) is 7.67. The summed E-state index contributed by atoms with van der Waals surface area (Å²) in [5.74, 6) is 0.0217. The Morgan fingerprint density at radius 2 is 2.07 bits per heavy atom. The number of carbonyl (C=O) groups excluding carboxylic acids is 1. The quantitative estimate of drug-likeness (QED) is 0.691. The largest absolute Gasteiger partial charge is 0.378 e. The summed E-state index contributed by atoms with van der Waals surface area (Å²) in [6.45, 7) is 3.04. The van der Waals surface area contributed by atoms with E-state index in [1.165, 1.54) is 23.5 Å². The van der Waals surface area contributed by atoms with Crippen molar-refractivity contribution < 1.29 is 13.9 Å². The van der Waals surface area contributed by atoms with Crippen molar-refractivity contribution in [2.24, 2.45) is 0 Å². The van der Waals surface area contributed by atoms with Crippen LogP contribution in [0.15, 0.2) is 41.9 Å². The number of nitrogens with zero attached hydrogens (tertiary/aromatic N) is 3. The van der Waals surface area contributed by atoms with E-state index in [0.717, 1.165) is 30.5 Å². The first-order valence-corrected chi connectivity index (χ1v) is 9.87. The minimum atomic E-state index is -0.466. The summed E-state index contributed by atoms with van der Waals surface area (Å²) < 4.78 is 18.5. The van der Waals surface area contributed by atoms with Crippen LogP contribution in [0.1, 0.15) is 10.5 Å². The molecule has 0 saturated carbocycles. The Morgan fingerprint density at radius 1 is 1.25 bits per heavy atom. The molecule has 1 saturated heterocycles. The molecule has 2 aromatic heterocycles. The van der Waals surface area contributed by atoms with E-state index in [-0.39, 0.29) is 10.7 Å². The number of morpholine rings is 1. The lowest BCUT2D eigenvalue weighted by atomic mass is 10.2. The van der Waals surface area contributed by atoms with Gasteiger partial charge in [-0.15, -0.1) is 11.3 Å². The van der Waals surface area contributed by atoms with Gasteiger partial charge in [-0.2, -0.15) is 0 Å². The number of halogens is 2. The average molecular weight is 419 g/mol. The van der Waals surface area contributed by atoms with E-state index in [4.69, 9.17) is 16.3 Å². The fourth-order valence-corrected chi connectivity index (χ4v) is 3.79. The molecule has 1 aliphatic rings. The lowest BCUT2D eigenvalue weighted by Gasteiger charge is -2.27. The number of pyridine rings is 1. The van der Waals surface area contributed by atoms with Crippen molar-refractivity contribution in [2.75, 3.05) is 36.5 Å². The van der Waals surface area contributed by atoms with Gasteiger partial charge in [-0.3, -0.25) is 4.79 Å². The number of thiazole rings is 1. The molecule has 4 rings (SSSR count). The highest BCUT2D eigenvalue weighted by molar-refractivity contribution is 7.13. The lowest BCUT2D eigenvalue weighted by molar-refractivity contribution is 0.102. The lowest BCUT2D eigenvalue weighted by Crippen LogP contribution is -2.36. The molecule has 0 atom stereocenters. The van der Waals surface area contributed by atoms with Crippen molar-refractivity contribution in [3.63, 3.8) is 0 Å². The maximum absolute atomic E-state index is 13.1. The van der Waals surface area contributed by atoms with Gasteiger partial charge in [0.1, 0.15) is 22.3 Å². The third kappa shape index (κ3) is 4.14. The Balaban J connectivity index is 1.46. The van der Waals surface area contributed by atoms with Crippen molar-refractivity contribution in [3.8, 4) is 10.6 Å². The number of amides is 1. The van der Waals surface area contributed by atoms with Crippen molar-refractivity contribution in [3.05, 3.63) is 58.4 Å². The van der Waals surface area contributed by atoms with E-state index in [1.54, 1.807) is 11.6 Å². The minimum absolute atomic E-state index is 0.131. The molecule has 9 heteroatoms. The Labute approximate surface area is 169 Å². The highest BCUT2D eigenvalue weighted by atomic mass is 35.5.